The number of piperazine rings is 1. The molecule has 2 bridgehead atoms. The molecule has 2 fully saturated rings. The molecule has 9 heteroatoms. The van der Waals surface area contributed by atoms with Gasteiger partial charge in [0.2, 0.25) is 0 Å². The van der Waals surface area contributed by atoms with Crippen LogP contribution in [0.2, 0.25) is 0 Å². The van der Waals surface area contributed by atoms with Gasteiger partial charge < -0.3 is 25.9 Å². The Labute approximate surface area is 166 Å². The minimum atomic E-state index is 0.0567. The summed E-state index contributed by atoms with van der Waals surface area (Å²) < 4.78 is 0. The summed E-state index contributed by atoms with van der Waals surface area (Å²) in [5, 5.41) is 10.0. The molecule has 0 spiro atoms. The second-order valence-electron chi connectivity index (χ2n) is 7.02. The van der Waals surface area contributed by atoms with Gasteiger partial charge in [-0.3, -0.25) is 4.99 Å². The third kappa shape index (κ3) is 4.71. The van der Waals surface area contributed by atoms with Gasteiger partial charge >= 0.3 is 6.03 Å². The molecule has 0 aliphatic carbocycles. The Balaban J connectivity index is 1.64. The van der Waals surface area contributed by atoms with E-state index in [1.54, 1.807) is 13.3 Å². The molecule has 0 aromatic heterocycles. The number of aliphatic imine (C=N–C) groups is 2. The van der Waals surface area contributed by atoms with Gasteiger partial charge in [0.25, 0.3) is 0 Å². The lowest BCUT2D eigenvalue weighted by Gasteiger charge is -2.41. The molecule has 2 atom stereocenters. The average Bonchev–Trinajstić information content (AvgIpc) is 2.87. The number of carbonyl (C=O) groups is 1. The molecule has 3 heterocycles. The lowest BCUT2D eigenvalue weighted by atomic mass is 10.2. The minimum Gasteiger partial charge on any atom is -0.377 e. The summed E-state index contributed by atoms with van der Waals surface area (Å²) in [4.78, 5) is 26.0. The predicted octanol–water partition coefficient (Wildman–Crippen LogP) is 0.540. The van der Waals surface area contributed by atoms with E-state index in [2.05, 4.69) is 37.6 Å². The third-order valence-electron chi connectivity index (χ3n) is 5.08. The predicted molar refractivity (Wildman–Crippen MR) is 113 cm³/mol. The second kappa shape index (κ2) is 9.38. The molecule has 0 radical (unpaired) electrons. The van der Waals surface area contributed by atoms with Crippen molar-refractivity contribution in [1.29, 1.82) is 0 Å². The molecule has 0 saturated carbocycles. The maximum absolute atomic E-state index is 12.4. The number of urea groups is 1. The first-order valence-electron chi connectivity index (χ1n) is 9.84. The van der Waals surface area contributed by atoms with E-state index in [4.69, 9.17) is 4.99 Å². The van der Waals surface area contributed by atoms with Crippen LogP contribution in [-0.2, 0) is 0 Å². The molecule has 28 heavy (non-hydrogen) atoms. The average molecular weight is 387 g/mol. The number of likely N-dealkylation sites (tertiary alicyclic amines) is 1. The van der Waals surface area contributed by atoms with Gasteiger partial charge in [-0.25, -0.2) is 9.79 Å². The highest BCUT2D eigenvalue weighted by Crippen LogP contribution is 2.30. The van der Waals surface area contributed by atoms with Gasteiger partial charge in [-0.05, 0) is 25.8 Å². The van der Waals surface area contributed by atoms with E-state index in [1.807, 2.05) is 24.0 Å². The van der Waals surface area contributed by atoms with Crippen LogP contribution in [-0.4, -0.2) is 85.6 Å². The number of amides is 2. The Kier molecular flexibility index (Phi) is 6.67. The summed E-state index contributed by atoms with van der Waals surface area (Å²) in [5.41, 5.74) is 3.39. The maximum Gasteiger partial charge on any atom is 0.318 e. The van der Waals surface area contributed by atoms with Crippen molar-refractivity contribution in [3.8, 4) is 0 Å². The van der Waals surface area contributed by atoms with E-state index in [1.165, 1.54) is 0 Å². The topological polar surface area (TPSA) is 96.7 Å². The van der Waals surface area contributed by atoms with E-state index in [9.17, 15) is 4.79 Å². The third-order valence-corrected chi connectivity index (χ3v) is 5.08. The van der Waals surface area contributed by atoms with Crippen molar-refractivity contribution in [3.63, 3.8) is 0 Å². The van der Waals surface area contributed by atoms with E-state index >= 15 is 0 Å². The Morgan fingerprint density at radius 3 is 2.79 bits per heavy atom. The highest BCUT2D eigenvalue weighted by atomic mass is 16.2. The number of allylic oxidation sites excluding steroid dienone is 1. The Hall–Kier alpha value is -2.84. The van der Waals surface area contributed by atoms with Crippen LogP contribution in [0.4, 0.5) is 4.79 Å². The monoisotopic (exact) mass is 386 g/mol. The molecule has 2 saturated heterocycles. The van der Waals surface area contributed by atoms with E-state index < -0.39 is 0 Å². The van der Waals surface area contributed by atoms with Crippen molar-refractivity contribution in [2.75, 3.05) is 39.8 Å². The number of rotatable bonds is 6. The van der Waals surface area contributed by atoms with Crippen molar-refractivity contribution in [2.24, 2.45) is 15.1 Å². The molecule has 3 aliphatic rings. The molecule has 1 unspecified atom stereocenters. The molecular weight excluding hydrogens is 356 g/mol. The maximum atomic E-state index is 12.4. The summed E-state index contributed by atoms with van der Waals surface area (Å²) >= 11 is 0. The first-order valence-corrected chi connectivity index (χ1v) is 9.84. The fraction of sp³-hybridized carbons (Fsp3) is 0.579. The standard InChI is InChI=1S/C19H30N8O/c1-4-21-19(28)27-15-7-8-16(27)13-26(12-15)18-6-5-9-22-17(25-18)11-23-14(2)10-24-20-3/h5-6,10,15-16,20,23H,2,4,7-9,11-13H2,1,3H3,(H,21,28)/b24-10-/t15-,16?/m0/s1. The largest absolute Gasteiger partial charge is 0.377 e. The van der Waals surface area contributed by atoms with Crippen molar-refractivity contribution >= 4 is 23.9 Å². The zero-order chi connectivity index (χ0) is 19.9. The van der Waals surface area contributed by atoms with Crippen LogP contribution in [0.3, 0.4) is 0 Å². The minimum absolute atomic E-state index is 0.0567. The molecule has 152 valence electrons. The SMILES string of the molecule is C=C(/C=N\NC)NCC1=NCC=CC(N2CC3CC[C@@H](C2)N3C(=O)NCC)=N1. The highest BCUT2D eigenvalue weighted by Gasteiger charge is 2.43. The van der Waals surface area contributed by atoms with Crippen molar-refractivity contribution in [1.82, 2.24) is 25.9 Å². The van der Waals surface area contributed by atoms with Crippen molar-refractivity contribution in [3.05, 3.63) is 24.4 Å². The lowest BCUT2D eigenvalue weighted by Crippen LogP contribution is -2.59. The zero-order valence-corrected chi connectivity index (χ0v) is 16.7. The number of hydrogen-bond donors (Lipinski definition) is 3. The van der Waals surface area contributed by atoms with Gasteiger partial charge in [0, 0.05) is 32.4 Å². The fourth-order valence-electron chi connectivity index (χ4n) is 3.84. The van der Waals surface area contributed by atoms with Crippen LogP contribution < -0.4 is 16.1 Å². The molecule has 3 N–H and O–H groups in total. The van der Waals surface area contributed by atoms with Crippen LogP contribution in [0.25, 0.3) is 0 Å². The Morgan fingerprint density at radius 2 is 2.11 bits per heavy atom. The van der Waals surface area contributed by atoms with Gasteiger partial charge in [-0.15, -0.1) is 0 Å². The fourth-order valence-corrected chi connectivity index (χ4v) is 3.84. The highest BCUT2D eigenvalue weighted by molar-refractivity contribution is 6.04. The smallest absolute Gasteiger partial charge is 0.318 e. The van der Waals surface area contributed by atoms with Crippen molar-refractivity contribution in [2.45, 2.75) is 31.8 Å². The lowest BCUT2D eigenvalue weighted by molar-refractivity contribution is 0.122. The van der Waals surface area contributed by atoms with E-state index in [0.717, 1.165) is 37.6 Å². The summed E-state index contributed by atoms with van der Waals surface area (Å²) in [7, 11) is 1.74. The van der Waals surface area contributed by atoms with Crippen LogP contribution in [0.15, 0.2) is 39.5 Å². The van der Waals surface area contributed by atoms with Gasteiger partial charge in [0.05, 0.1) is 31.4 Å². The molecule has 0 aromatic carbocycles. The number of nitrogens with zero attached hydrogens (tertiary/aromatic N) is 5. The van der Waals surface area contributed by atoms with Gasteiger partial charge in [0.15, 0.2) is 0 Å². The van der Waals surface area contributed by atoms with Crippen LogP contribution in [0.1, 0.15) is 19.8 Å². The summed E-state index contributed by atoms with van der Waals surface area (Å²) in [6, 6.07) is 0.530. The van der Waals surface area contributed by atoms with Gasteiger partial charge in [0.1, 0.15) is 11.7 Å². The summed E-state index contributed by atoms with van der Waals surface area (Å²) in [6.07, 6.45) is 7.78. The molecule has 9 nitrogen and oxygen atoms in total. The normalized spacial score (nSPS) is 23.9. The van der Waals surface area contributed by atoms with E-state index in [0.29, 0.717) is 25.3 Å². The quantitative estimate of drug-likeness (QED) is 0.459. The number of amidine groups is 2. The molecular formula is C19H30N8O. The number of hydrazone groups is 1. The second-order valence-corrected chi connectivity index (χ2v) is 7.02. The molecule has 0 aromatic rings. The molecule has 3 aliphatic heterocycles. The van der Waals surface area contributed by atoms with Crippen LogP contribution >= 0.6 is 0 Å². The Morgan fingerprint density at radius 1 is 1.36 bits per heavy atom. The summed E-state index contributed by atoms with van der Waals surface area (Å²) in [6.45, 7) is 9.22. The van der Waals surface area contributed by atoms with Crippen LogP contribution in [0, 0.1) is 0 Å². The van der Waals surface area contributed by atoms with Gasteiger partial charge in [-0.2, -0.15) is 5.10 Å². The zero-order valence-electron chi connectivity index (χ0n) is 16.7. The number of carbonyl (C=O) groups excluding carboxylic acids is 1. The number of nitrogens with one attached hydrogen (secondary N) is 3. The number of fused-ring (bicyclic) bond motifs is 2. The molecule has 2 amide bonds. The first kappa shape index (κ1) is 19.9. The van der Waals surface area contributed by atoms with Crippen LogP contribution in [0.5, 0.6) is 0 Å². The summed E-state index contributed by atoms with van der Waals surface area (Å²) in [5.74, 6) is 1.65. The van der Waals surface area contributed by atoms with Gasteiger partial charge in [-0.1, -0.05) is 12.7 Å². The Bertz CT molecular complexity index is 697. The van der Waals surface area contributed by atoms with E-state index in [-0.39, 0.29) is 18.1 Å². The molecule has 3 rings (SSSR count). The van der Waals surface area contributed by atoms with Crippen molar-refractivity contribution < 1.29 is 4.79 Å². The first-order chi connectivity index (χ1) is 13.6. The number of hydrogen-bond acceptors (Lipinski definition) is 7.